The molecule has 0 amide bonds. The first-order chi connectivity index (χ1) is 12.8. The lowest BCUT2D eigenvalue weighted by molar-refractivity contribution is -0.129. The average Bonchev–Trinajstić information content (AvgIpc) is 2.63. The van der Waals surface area contributed by atoms with Gasteiger partial charge in [-0.1, -0.05) is 13.8 Å². The zero-order valence-corrected chi connectivity index (χ0v) is 16.7. The normalized spacial score (nSPS) is 27.3. The number of sulfonamides is 1. The van der Waals surface area contributed by atoms with E-state index in [1.54, 1.807) is 0 Å². The quantitative estimate of drug-likeness (QED) is 0.735. The first-order valence-electron chi connectivity index (χ1n) is 9.61. The Morgan fingerprint density at radius 1 is 1.07 bits per heavy atom. The number of piperidine rings is 1. The van der Waals surface area contributed by atoms with Gasteiger partial charge in [-0.25, -0.2) is 13.2 Å². The van der Waals surface area contributed by atoms with E-state index in [-0.39, 0.29) is 16.2 Å². The Hall–Kier alpha value is -1.73. The topological polar surface area (TPSA) is 80.8 Å². The molecule has 1 saturated carbocycles. The maximum absolute atomic E-state index is 12.9. The summed E-state index contributed by atoms with van der Waals surface area (Å²) in [7, 11) is -3.58. The van der Waals surface area contributed by atoms with Crippen LogP contribution in [-0.4, -0.2) is 43.7 Å². The maximum Gasteiger partial charge on any atom is 0.338 e. The van der Waals surface area contributed by atoms with E-state index in [1.165, 1.54) is 28.6 Å². The summed E-state index contributed by atoms with van der Waals surface area (Å²) in [6.07, 6.45) is 3.06. The molecule has 0 aromatic heterocycles. The van der Waals surface area contributed by atoms with Gasteiger partial charge in [0.1, 0.15) is 0 Å². The van der Waals surface area contributed by atoms with Gasteiger partial charge in [0, 0.05) is 19.5 Å². The number of ether oxygens (including phenoxy) is 1. The minimum absolute atomic E-state index is 0.0397. The molecule has 1 aliphatic heterocycles. The van der Waals surface area contributed by atoms with Crippen LogP contribution >= 0.6 is 0 Å². The van der Waals surface area contributed by atoms with Gasteiger partial charge >= 0.3 is 5.97 Å². The van der Waals surface area contributed by atoms with Gasteiger partial charge in [0.25, 0.3) is 0 Å². The predicted molar refractivity (Wildman–Crippen MR) is 101 cm³/mol. The second kappa shape index (κ2) is 8.10. The number of hydrogen-bond donors (Lipinski definition) is 0. The lowest BCUT2D eigenvalue weighted by atomic mass is 9.94. The summed E-state index contributed by atoms with van der Waals surface area (Å²) in [5.41, 5.74) is 0.257. The molecule has 3 atom stereocenters. The fraction of sp³-hybridized carbons (Fsp3) is 0.600. The molecule has 1 aromatic carbocycles. The van der Waals surface area contributed by atoms with E-state index in [4.69, 9.17) is 4.74 Å². The van der Waals surface area contributed by atoms with Crippen molar-refractivity contribution < 1.29 is 22.7 Å². The Balaban J connectivity index is 1.70. The van der Waals surface area contributed by atoms with Crippen molar-refractivity contribution in [2.75, 3.05) is 13.1 Å². The molecule has 0 spiro atoms. The zero-order chi connectivity index (χ0) is 19.6. The molecular formula is C20H27NO5S. The minimum Gasteiger partial charge on any atom is -0.451 e. The lowest BCUT2D eigenvalue weighted by Gasteiger charge is -2.34. The van der Waals surface area contributed by atoms with Gasteiger partial charge in [0.15, 0.2) is 11.9 Å². The van der Waals surface area contributed by atoms with Crippen LogP contribution < -0.4 is 0 Å². The minimum atomic E-state index is -3.58. The number of ketones is 1. The molecule has 0 N–H and O–H groups in total. The van der Waals surface area contributed by atoms with Crippen molar-refractivity contribution in [3.63, 3.8) is 0 Å². The van der Waals surface area contributed by atoms with Crippen molar-refractivity contribution >= 4 is 21.8 Å². The zero-order valence-electron chi connectivity index (χ0n) is 15.9. The van der Waals surface area contributed by atoms with E-state index >= 15 is 0 Å². The third kappa shape index (κ3) is 4.58. The van der Waals surface area contributed by atoms with Gasteiger partial charge in [0.05, 0.1) is 10.5 Å². The summed E-state index contributed by atoms with van der Waals surface area (Å²) in [5.74, 6) is 0.0261. The molecule has 148 valence electrons. The number of carbonyl (C=O) groups excluding carboxylic acids is 2. The van der Waals surface area contributed by atoms with Crippen molar-refractivity contribution in [2.45, 2.75) is 57.0 Å². The largest absolute Gasteiger partial charge is 0.451 e. The third-order valence-electron chi connectivity index (χ3n) is 5.31. The Bertz CT molecular complexity index is 792. The molecule has 0 radical (unpaired) electrons. The highest BCUT2D eigenvalue weighted by molar-refractivity contribution is 7.89. The standard InChI is InChI=1S/C20H27NO5S/c1-14-11-15(2)13-21(12-14)27(24,25)17-9-7-16(8-10-17)20(23)26-19-6-4-3-5-18(19)22/h7-10,14-15,19H,3-6,11-13H2,1-2H3/t14-,15-,19-/m1/s1. The van der Waals surface area contributed by atoms with E-state index in [2.05, 4.69) is 13.8 Å². The van der Waals surface area contributed by atoms with Gasteiger partial charge < -0.3 is 4.74 Å². The number of esters is 1. The monoisotopic (exact) mass is 393 g/mol. The second-order valence-electron chi connectivity index (χ2n) is 7.90. The molecule has 1 aliphatic carbocycles. The van der Waals surface area contributed by atoms with Crippen molar-refractivity contribution in [2.24, 2.45) is 11.8 Å². The molecule has 7 heteroatoms. The molecule has 2 aliphatic rings. The van der Waals surface area contributed by atoms with Gasteiger partial charge in [-0.2, -0.15) is 4.31 Å². The Kier molecular flexibility index (Phi) is 6.01. The van der Waals surface area contributed by atoms with Gasteiger partial charge in [-0.05, 0) is 61.8 Å². The molecule has 0 bridgehead atoms. The van der Waals surface area contributed by atoms with Crippen molar-refractivity contribution in [3.05, 3.63) is 29.8 Å². The van der Waals surface area contributed by atoms with Crippen LogP contribution in [0.3, 0.4) is 0 Å². The van der Waals surface area contributed by atoms with Crippen LogP contribution in [-0.2, 0) is 19.6 Å². The fourth-order valence-electron chi connectivity index (χ4n) is 3.99. The van der Waals surface area contributed by atoms with Crippen LogP contribution in [0.25, 0.3) is 0 Å². The molecule has 6 nitrogen and oxygen atoms in total. The van der Waals surface area contributed by atoms with E-state index in [0.717, 1.165) is 19.3 Å². The summed E-state index contributed by atoms with van der Waals surface area (Å²) in [6, 6.07) is 5.80. The number of Topliss-reactive ketones (excluding diaryl/α,β-unsaturated/α-hetero) is 1. The lowest BCUT2D eigenvalue weighted by Crippen LogP contribution is -2.42. The van der Waals surface area contributed by atoms with Gasteiger partial charge in [-0.3, -0.25) is 4.79 Å². The van der Waals surface area contributed by atoms with Crippen LogP contribution in [0.1, 0.15) is 56.3 Å². The Morgan fingerprint density at radius 3 is 2.30 bits per heavy atom. The molecule has 0 unspecified atom stereocenters. The molecule has 1 aromatic rings. The highest BCUT2D eigenvalue weighted by atomic mass is 32.2. The third-order valence-corrected chi connectivity index (χ3v) is 7.16. The van der Waals surface area contributed by atoms with E-state index in [9.17, 15) is 18.0 Å². The average molecular weight is 394 g/mol. The number of hydrogen-bond acceptors (Lipinski definition) is 5. The molecular weight excluding hydrogens is 366 g/mol. The van der Waals surface area contributed by atoms with Crippen LogP contribution in [0.15, 0.2) is 29.2 Å². The van der Waals surface area contributed by atoms with Crippen LogP contribution in [0.4, 0.5) is 0 Å². The number of carbonyl (C=O) groups is 2. The highest BCUT2D eigenvalue weighted by Crippen LogP contribution is 2.27. The van der Waals surface area contributed by atoms with Gasteiger partial charge in [0.2, 0.25) is 10.0 Å². The first-order valence-corrected chi connectivity index (χ1v) is 11.1. The van der Waals surface area contributed by atoms with Crippen LogP contribution in [0, 0.1) is 11.8 Å². The second-order valence-corrected chi connectivity index (χ2v) is 9.84. The maximum atomic E-state index is 12.9. The Labute approximate surface area is 160 Å². The summed E-state index contributed by atoms with van der Waals surface area (Å²) in [4.78, 5) is 24.3. The smallest absolute Gasteiger partial charge is 0.338 e. The van der Waals surface area contributed by atoms with Gasteiger partial charge in [-0.15, -0.1) is 0 Å². The van der Waals surface area contributed by atoms with E-state index in [0.29, 0.717) is 37.8 Å². The molecule has 3 rings (SSSR count). The predicted octanol–water partition coefficient (Wildman–Crippen LogP) is 3.02. The molecule has 1 saturated heterocycles. The van der Waals surface area contributed by atoms with E-state index in [1.807, 2.05) is 0 Å². The van der Waals surface area contributed by atoms with Crippen LogP contribution in [0.2, 0.25) is 0 Å². The molecule has 2 fully saturated rings. The molecule has 27 heavy (non-hydrogen) atoms. The van der Waals surface area contributed by atoms with E-state index < -0.39 is 22.1 Å². The fourth-order valence-corrected chi connectivity index (χ4v) is 5.67. The number of rotatable bonds is 4. The van der Waals surface area contributed by atoms with Crippen LogP contribution in [0.5, 0.6) is 0 Å². The number of benzene rings is 1. The highest BCUT2D eigenvalue weighted by Gasteiger charge is 2.32. The Morgan fingerprint density at radius 2 is 1.70 bits per heavy atom. The molecule has 1 heterocycles. The SMILES string of the molecule is C[C@@H]1C[C@@H](C)CN(S(=O)(=O)c2ccc(C(=O)O[C@@H]3CCCCC3=O)cc2)C1. The summed E-state index contributed by atoms with van der Waals surface area (Å²) >= 11 is 0. The summed E-state index contributed by atoms with van der Waals surface area (Å²) in [5, 5.41) is 0. The number of nitrogens with zero attached hydrogens (tertiary/aromatic N) is 1. The van der Waals surface area contributed by atoms with Crippen molar-refractivity contribution in [3.8, 4) is 0 Å². The first kappa shape index (κ1) is 20.0. The summed E-state index contributed by atoms with van der Waals surface area (Å²) in [6.45, 7) is 5.15. The van der Waals surface area contributed by atoms with Crippen molar-refractivity contribution in [1.82, 2.24) is 4.31 Å². The van der Waals surface area contributed by atoms with Crippen molar-refractivity contribution in [1.29, 1.82) is 0 Å². The summed E-state index contributed by atoms with van der Waals surface area (Å²) < 4.78 is 32.6.